The zero-order chi connectivity index (χ0) is 14.3. The molecule has 0 aromatic carbocycles. The largest absolute Gasteiger partial charge is 0.508 e. The summed E-state index contributed by atoms with van der Waals surface area (Å²) in [5.74, 6) is 0.269. The van der Waals surface area contributed by atoms with Crippen molar-refractivity contribution in [3.63, 3.8) is 0 Å². The molecule has 0 amide bonds. The molecule has 0 heterocycles. The molecular weight excluding hydrogens is 261 g/mol. The van der Waals surface area contributed by atoms with E-state index in [1.165, 1.54) is 6.42 Å². The van der Waals surface area contributed by atoms with Crippen LogP contribution in [-0.4, -0.2) is 30.6 Å². The molecule has 0 saturated heterocycles. The number of carbonyl (C=O) groups excluding carboxylic acids is 1. The predicted molar refractivity (Wildman–Crippen MR) is 71.9 cm³/mol. The SMILES string of the molecule is CC(OC(=O)OC1CCCCC1)C12CC1CC(F)C2N. The Morgan fingerprint density at radius 2 is 2.05 bits per heavy atom. The first-order valence-corrected chi connectivity index (χ1v) is 7.81. The van der Waals surface area contributed by atoms with Crippen LogP contribution in [0.15, 0.2) is 0 Å². The minimum Gasteiger partial charge on any atom is -0.431 e. The Kier molecular flexibility index (Phi) is 3.65. The molecule has 3 rings (SSSR count). The fraction of sp³-hybridized carbons (Fsp3) is 0.933. The van der Waals surface area contributed by atoms with Gasteiger partial charge in [-0.05, 0) is 51.4 Å². The Labute approximate surface area is 119 Å². The summed E-state index contributed by atoms with van der Waals surface area (Å²) in [5, 5.41) is 0. The quantitative estimate of drug-likeness (QED) is 0.810. The van der Waals surface area contributed by atoms with Gasteiger partial charge in [-0.15, -0.1) is 0 Å². The van der Waals surface area contributed by atoms with Gasteiger partial charge in [0, 0.05) is 11.5 Å². The smallest absolute Gasteiger partial charge is 0.431 e. The van der Waals surface area contributed by atoms with E-state index in [0.29, 0.717) is 6.42 Å². The van der Waals surface area contributed by atoms with Gasteiger partial charge in [-0.1, -0.05) is 6.42 Å². The molecular formula is C15H24FNO3. The topological polar surface area (TPSA) is 61.5 Å². The van der Waals surface area contributed by atoms with Crippen molar-refractivity contribution >= 4 is 6.16 Å². The lowest BCUT2D eigenvalue weighted by Gasteiger charge is -2.28. The number of halogens is 1. The van der Waals surface area contributed by atoms with Crippen LogP contribution in [0.5, 0.6) is 0 Å². The number of rotatable bonds is 3. The van der Waals surface area contributed by atoms with Gasteiger partial charge in [0.15, 0.2) is 0 Å². The molecule has 0 spiro atoms. The zero-order valence-electron chi connectivity index (χ0n) is 12.0. The number of carbonyl (C=O) groups is 1. The van der Waals surface area contributed by atoms with Gasteiger partial charge in [0.2, 0.25) is 0 Å². The van der Waals surface area contributed by atoms with Gasteiger partial charge < -0.3 is 15.2 Å². The molecule has 0 aromatic rings. The van der Waals surface area contributed by atoms with Crippen LogP contribution in [0.3, 0.4) is 0 Å². The van der Waals surface area contributed by atoms with Crippen LogP contribution >= 0.6 is 0 Å². The van der Waals surface area contributed by atoms with Crippen molar-refractivity contribution in [1.82, 2.24) is 0 Å². The highest BCUT2D eigenvalue weighted by molar-refractivity contribution is 5.60. The average Bonchev–Trinajstić information content (AvgIpc) is 3.08. The minimum absolute atomic E-state index is 0.0119. The molecule has 114 valence electrons. The van der Waals surface area contributed by atoms with Crippen molar-refractivity contribution in [2.75, 3.05) is 0 Å². The van der Waals surface area contributed by atoms with E-state index in [2.05, 4.69) is 0 Å². The highest BCUT2D eigenvalue weighted by Crippen LogP contribution is 2.66. The molecule has 3 fully saturated rings. The number of hydrogen-bond donors (Lipinski definition) is 1. The summed E-state index contributed by atoms with van der Waals surface area (Å²) in [6.45, 7) is 1.82. The van der Waals surface area contributed by atoms with Crippen molar-refractivity contribution in [2.24, 2.45) is 17.1 Å². The molecule has 3 aliphatic rings. The molecule has 5 heteroatoms. The molecule has 0 aliphatic heterocycles. The maximum Gasteiger partial charge on any atom is 0.508 e. The highest BCUT2D eigenvalue weighted by atomic mass is 19.1. The van der Waals surface area contributed by atoms with Gasteiger partial charge >= 0.3 is 6.16 Å². The van der Waals surface area contributed by atoms with Crippen molar-refractivity contribution in [3.05, 3.63) is 0 Å². The first-order chi connectivity index (χ1) is 9.54. The summed E-state index contributed by atoms with van der Waals surface area (Å²) < 4.78 is 24.4. The van der Waals surface area contributed by atoms with E-state index in [-0.39, 0.29) is 23.5 Å². The number of nitrogens with two attached hydrogens (primary N) is 1. The van der Waals surface area contributed by atoms with Crippen molar-refractivity contribution < 1.29 is 18.7 Å². The first kappa shape index (κ1) is 14.1. The predicted octanol–water partition coefficient (Wildman–Crippen LogP) is 2.94. The summed E-state index contributed by atoms with van der Waals surface area (Å²) >= 11 is 0. The summed E-state index contributed by atoms with van der Waals surface area (Å²) in [5.41, 5.74) is 5.61. The maximum absolute atomic E-state index is 13.6. The summed E-state index contributed by atoms with van der Waals surface area (Å²) in [6, 6.07) is -0.509. The summed E-state index contributed by atoms with van der Waals surface area (Å²) in [6.07, 6.45) is 4.69. The van der Waals surface area contributed by atoms with Crippen LogP contribution in [0.25, 0.3) is 0 Å². The minimum atomic E-state index is -0.964. The van der Waals surface area contributed by atoms with E-state index in [1.807, 2.05) is 6.92 Å². The molecule has 0 bridgehead atoms. The zero-order valence-corrected chi connectivity index (χ0v) is 12.0. The number of ether oxygens (including phenoxy) is 2. The van der Waals surface area contributed by atoms with E-state index in [9.17, 15) is 9.18 Å². The van der Waals surface area contributed by atoms with E-state index < -0.39 is 18.4 Å². The van der Waals surface area contributed by atoms with Crippen LogP contribution in [0.1, 0.15) is 51.9 Å². The lowest BCUT2D eigenvalue weighted by Crippen LogP contribution is -2.43. The lowest BCUT2D eigenvalue weighted by atomic mass is 9.92. The molecule has 20 heavy (non-hydrogen) atoms. The van der Waals surface area contributed by atoms with Crippen molar-refractivity contribution in [2.45, 2.75) is 76.3 Å². The van der Waals surface area contributed by atoms with Gasteiger partial charge in [0.1, 0.15) is 18.4 Å². The average molecular weight is 285 g/mol. The molecule has 2 N–H and O–H groups in total. The molecule has 5 atom stereocenters. The van der Waals surface area contributed by atoms with Crippen molar-refractivity contribution in [1.29, 1.82) is 0 Å². The monoisotopic (exact) mass is 285 g/mol. The Balaban J connectivity index is 1.51. The lowest BCUT2D eigenvalue weighted by molar-refractivity contribution is -0.0298. The van der Waals surface area contributed by atoms with Gasteiger partial charge in [0.05, 0.1) is 0 Å². The fourth-order valence-electron chi connectivity index (χ4n) is 4.20. The van der Waals surface area contributed by atoms with Gasteiger partial charge in [-0.3, -0.25) is 0 Å². The second kappa shape index (κ2) is 5.17. The maximum atomic E-state index is 13.6. The van der Waals surface area contributed by atoms with Crippen LogP contribution in [0.2, 0.25) is 0 Å². The Morgan fingerprint density at radius 1 is 1.35 bits per heavy atom. The van der Waals surface area contributed by atoms with E-state index in [4.69, 9.17) is 15.2 Å². The third-order valence-corrected chi connectivity index (χ3v) is 5.56. The Morgan fingerprint density at radius 3 is 2.65 bits per heavy atom. The molecule has 3 saturated carbocycles. The molecule has 5 unspecified atom stereocenters. The number of hydrogen-bond acceptors (Lipinski definition) is 4. The fourth-order valence-corrected chi connectivity index (χ4v) is 4.20. The first-order valence-electron chi connectivity index (χ1n) is 7.81. The third kappa shape index (κ3) is 2.30. The van der Waals surface area contributed by atoms with Crippen molar-refractivity contribution in [3.8, 4) is 0 Å². The van der Waals surface area contributed by atoms with Gasteiger partial charge in [0.25, 0.3) is 0 Å². The normalized spacial score (nSPS) is 41.9. The van der Waals surface area contributed by atoms with Crippen LogP contribution in [-0.2, 0) is 9.47 Å². The van der Waals surface area contributed by atoms with E-state index in [0.717, 1.165) is 32.1 Å². The summed E-state index contributed by atoms with van der Waals surface area (Å²) in [4.78, 5) is 11.8. The Hall–Kier alpha value is -0.840. The standard InChI is InChI=1S/C15H24FNO3/c1-9(15-8-10(15)7-12(16)13(15)17)19-14(18)20-11-5-3-2-4-6-11/h9-13H,2-8,17H2,1H3. The van der Waals surface area contributed by atoms with Gasteiger partial charge in [-0.25, -0.2) is 9.18 Å². The van der Waals surface area contributed by atoms with E-state index >= 15 is 0 Å². The van der Waals surface area contributed by atoms with Crippen LogP contribution in [0, 0.1) is 11.3 Å². The molecule has 4 nitrogen and oxygen atoms in total. The highest BCUT2D eigenvalue weighted by Gasteiger charge is 2.69. The molecule has 0 radical (unpaired) electrons. The second-order valence-electron chi connectivity index (χ2n) is 6.68. The Bertz CT molecular complexity index is 385. The summed E-state index contributed by atoms with van der Waals surface area (Å²) in [7, 11) is 0. The van der Waals surface area contributed by atoms with Crippen LogP contribution < -0.4 is 5.73 Å². The number of fused-ring (bicyclic) bond motifs is 1. The molecule has 0 aromatic heterocycles. The number of alkyl halides is 1. The third-order valence-electron chi connectivity index (χ3n) is 5.56. The second-order valence-corrected chi connectivity index (χ2v) is 6.68. The van der Waals surface area contributed by atoms with Gasteiger partial charge in [-0.2, -0.15) is 0 Å². The molecule has 3 aliphatic carbocycles. The van der Waals surface area contributed by atoms with Crippen LogP contribution in [0.4, 0.5) is 9.18 Å². The van der Waals surface area contributed by atoms with E-state index in [1.54, 1.807) is 0 Å².